The topological polar surface area (TPSA) is 75.1 Å². The van der Waals surface area contributed by atoms with Crippen LogP contribution in [0.3, 0.4) is 0 Å². The molecule has 27 heavy (non-hydrogen) atoms. The van der Waals surface area contributed by atoms with Gasteiger partial charge in [-0.15, -0.1) is 0 Å². The third kappa shape index (κ3) is 5.50. The maximum absolute atomic E-state index is 5.95. The number of benzene rings is 2. The first kappa shape index (κ1) is 23.1. The third-order valence-electron chi connectivity index (χ3n) is 3.57. The summed E-state index contributed by atoms with van der Waals surface area (Å²) in [6.07, 6.45) is 5.00. The van der Waals surface area contributed by atoms with Crippen LogP contribution in [-0.4, -0.2) is 9.97 Å². The number of aromatic nitrogens is 3. The summed E-state index contributed by atoms with van der Waals surface area (Å²) < 4.78 is 5.95. The number of fused-ring (bicyclic) bond motifs is 1. The van der Waals surface area contributed by atoms with Crippen molar-refractivity contribution in [2.24, 2.45) is 0 Å². The van der Waals surface area contributed by atoms with E-state index in [1.165, 1.54) is 6.33 Å². The van der Waals surface area contributed by atoms with Gasteiger partial charge in [-0.25, -0.2) is 0 Å². The predicted molar refractivity (Wildman–Crippen MR) is 107 cm³/mol. The molecule has 0 saturated heterocycles. The smallest absolute Gasteiger partial charge is 0.138 e. The Bertz CT molecular complexity index is 954. The third-order valence-corrected chi connectivity index (χ3v) is 3.57. The largest absolute Gasteiger partial charge is 0.457 e. The molecule has 4 aromatic rings. The van der Waals surface area contributed by atoms with E-state index < -0.39 is 0 Å². The van der Waals surface area contributed by atoms with Gasteiger partial charge in [-0.1, -0.05) is 32.4 Å². The van der Waals surface area contributed by atoms with Gasteiger partial charge in [0.2, 0.25) is 0 Å². The molecule has 0 saturated carbocycles. The molecule has 0 atom stereocenters. The maximum atomic E-state index is 5.95. The molecule has 0 bridgehead atoms. The van der Waals surface area contributed by atoms with Gasteiger partial charge in [-0.05, 0) is 53.7 Å². The Morgan fingerprint density at radius 2 is 1.70 bits per heavy atom. The van der Waals surface area contributed by atoms with Crippen molar-refractivity contribution in [3.05, 3.63) is 74.7 Å². The molecule has 2 N–H and O–H groups in total. The van der Waals surface area contributed by atoms with Crippen molar-refractivity contribution in [2.75, 3.05) is 5.73 Å². The maximum Gasteiger partial charge on any atom is 0.138 e. The monoisotopic (exact) mass is 487 g/mol. The molecule has 0 fully saturated rings. The fourth-order valence-corrected chi connectivity index (χ4v) is 2.41. The molecular weight excluding hydrogens is 465 g/mol. The van der Waals surface area contributed by atoms with Crippen LogP contribution in [0.2, 0.25) is 0 Å². The van der Waals surface area contributed by atoms with E-state index in [0.29, 0.717) is 5.69 Å². The van der Waals surface area contributed by atoms with Crippen LogP contribution in [0.4, 0.5) is 5.69 Å². The minimum atomic E-state index is 0. The van der Waals surface area contributed by atoms with Crippen LogP contribution in [0.15, 0.2) is 67.3 Å². The molecular formula is C21H22N4OPr-2. The van der Waals surface area contributed by atoms with Crippen molar-refractivity contribution in [1.29, 1.82) is 0 Å². The van der Waals surface area contributed by atoms with Gasteiger partial charge >= 0.3 is 0 Å². The summed E-state index contributed by atoms with van der Waals surface area (Å²) in [6.45, 7) is 4.00. The molecule has 0 spiro atoms. The number of nitrogens with two attached hydrogens (primary N) is 1. The summed E-state index contributed by atoms with van der Waals surface area (Å²) in [5, 5.41) is 0.938. The molecule has 4 rings (SSSR count). The van der Waals surface area contributed by atoms with Gasteiger partial charge in [0.15, 0.2) is 0 Å². The van der Waals surface area contributed by atoms with Crippen molar-refractivity contribution in [3.63, 3.8) is 0 Å². The van der Waals surface area contributed by atoms with Crippen molar-refractivity contribution >= 4 is 16.6 Å². The zero-order chi connectivity index (χ0) is 17.6. The molecule has 2 aromatic heterocycles. The normalized spacial score (nSPS) is 9.41. The first-order valence-corrected chi connectivity index (χ1v) is 8.15. The minimum Gasteiger partial charge on any atom is -0.457 e. The first-order valence-electron chi connectivity index (χ1n) is 8.15. The molecule has 0 unspecified atom stereocenters. The number of nitrogen functional groups attached to an aromatic ring is 1. The van der Waals surface area contributed by atoms with E-state index in [2.05, 4.69) is 15.0 Å². The van der Waals surface area contributed by atoms with E-state index in [0.717, 1.165) is 33.7 Å². The van der Waals surface area contributed by atoms with Crippen LogP contribution in [0, 0.1) is 48.7 Å². The first-order chi connectivity index (χ1) is 12.3. The Hall–Kier alpha value is -1.98. The average Bonchev–Trinajstić information content (AvgIpc) is 3.20. The Kier molecular flexibility index (Phi) is 9.40. The Morgan fingerprint density at radius 1 is 0.963 bits per heavy atom. The quantitative estimate of drug-likeness (QED) is 0.321. The number of hydrogen-bond acceptors (Lipinski definition) is 4. The van der Waals surface area contributed by atoms with Crippen molar-refractivity contribution in [2.45, 2.75) is 13.8 Å². The molecule has 0 aliphatic rings. The van der Waals surface area contributed by atoms with Gasteiger partial charge in [0, 0.05) is 58.6 Å². The number of hydrogen-bond donors (Lipinski definition) is 1. The Morgan fingerprint density at radius 3 is 2.37 bits per heavy atom. The molecule has 0 amide bonds. The van der Waals surface area contributed by atoms with Crippen LogP contribution in [0.5, 0.6) is 11.5 Å². The van der Waals surface area contributed by atoms with E-state index in [1.807, 2.05) is 62.4 Å². The van der Waals surface area contributed by atoms with Gasteiger partial charge < -0.3 is 27.9 Å². The van der Waals surface area contributed by atoms with Gasteiger partial charge in [0.25, 0.3) is 0 Å². The molecule has 0 aliphatic carbocycles. The molecule has 2 aromatic carbocycles. The summed E-state index contributed by atoms with van der Waals surface area (Å²) >= 11 is 0. The van der Waals surface area contributed by atoms with E-state index in [-0.39, 0.29) is 48.7 Å². The molecule has 2 heterocycles. The van der Waals surface area contributed by atoms with Gasteiger partial charge in [-0.2, -0.15) is 0 Å². The average molecular weight is 487 g/mol. The number of rotatable bonds is 3. The number of anilines is 1. The zero-order valence-electron chi connectivity index (χ0n) is 15.8. The van der Waals surface area contributed by atoms with Crippen LogP contribution in [0.1, 0.15) is 13.8 Å². The van der Waals surface area contributed by atoms with Crippen molar-refractivity contribution in [3.8, 4) is 22.8 Å². The fourth-order valence-electron chi connectivity index (χ4n) is 2.41. The Labute approximate surface area is 193 Å². The van der Waals surface area contributed by atoms with Crippen LogP contribution in [-0.2, 0) is 0 Å². The van der Waals surface area contributed by atoms with E-state index in [4.69, 9.17) is 10.5 Å². The summed E-state index contributed by atoms with van der Waals surface area (Å²) in [5.41, 5.74) is 9.06. The molecule has 6 heteroatoms. The van der Waals surface area contributed by atoms with E-state index >= 15 is 0 Å². The van der Waals surface area contributed by atoms with Crippen LogP contribution < -0.4 is 15.5 Å². The standard InChI is InChI=1S/C18H13N4O.C2H6.CH3.Pr/c19-13-2-4-14(5-3-13)23-18-7-8-21-16-9-12(1-6-15(16)18)17-10-20-11-22-17;1-2;;/h1-11H,19H2;1-2H3;1H3;/q-1;;-1;. The SMILES string of the molecule is CC.Nc1ccc(Oc2ccnc3cc(-c4c[n-]cn4)ccc23)cc1.[CH3-].[Pr]. The molecule has 137 valence electrons. The van der Waals surface area contributed by atoms with Crippen LogP contribution in [0.25, 0.3) is 22.2 Å². The van der Waals surface area contributed by atoms with Gasteiger partial charge in [-0.3, -0.25) is 4.98 Å². The van der Waals surface area contributed by atoms with E-state index in [1.54, 1.807) is 12.4 Å². The zero-order valence-corrected chi connectivity index (χ0v) is 19.5. The number of pyridine rings is 1. The molecule has 0 aliphatic heterocycles. The summed E-state index contributed by atoms with van der Waals surface area (Å²) in [4.78, 5) is 12.6. The second-order valence-corrected chi connectivity index (χ2v) is 5.12. The van der Waals surface area contributed by atoms with Gasteiger partial charge in [0.1, 0.15) is 11.5 Å². The van der Waals surface area contributed by atoms with Crippen molar-refractivity contribution < 1.29 is 46.0 Å². The summed E-state index contributed by atoms with van der Waals surface area (Å²) in [7, 11) is 0. The van der Waals surface area contributed by atoms with Crippen molar-refractivity contribution in [1.82, 2.24) is 15.0 Å². The summed E-state index contributed by atoms with van der Waals surface area (Å²) in [5.74, 6) is 1.48. The second kappa shape index (κ2) is 11.0. The number of nitrogens with zero attached hydrogens (tertiary/aromatic N) is 3. The molecule has 5 nitrogen and oxygen atoms in total. The van der Waals surface area contributed by atoms with Crippen LogP contribution >= 0.6 is 0 Å². The molecule has 1 radical (unpaired) electrons. The Balaban J connectivity index is 0.000000883. The predicted octanol–water partition coefficient (Wildman–Crippen LogP) is 5.10. The fraction of sp³-hybridized carbons (Fsp3) is 0.0952. The second-order valence-electron chi connectivity index (χ2n) is 5.12. The number of imidazole rings is 1. The van der Waals surface area contributed by atoms with Gasteiger partial charge in [0.05, 0.1) is 5.52 Å². The van der Waals surface area contributed by atoms with E-state index in [9.17, 15) is 0 Å². The number of ether oxygens (including phenoxy) is 1. The summed E-state index contributed by atoms with van der Waals surface area (Å²) in [6, 6.07) is 15.1. The minimum absolute atomic E-state index is 0.